The van der Waals surface area contributed by atoms with Crippen molar-refractivity contribution in [2.24, 2.45) is 0 Å². The van der Waals surface area contributed by atoms with Gasteiger partial charge in [-0.25, -0.2) is 4.39 Å². The Morgan fingerprint density at radius 3 is 2.86 bits per heavy atom. The summed E-state index contributed by atoms with van der Waals surface area (Å²) in [5, 5.41) is 11.9. The van der Waals surface area contributed by atoms with Gasteiger partial charge in [-0.1, -0.05) is 12.1 Å². The molecular weight excluding hydrogens is 181 g/mol. The molecule has 2 N–H and O–H groups in total. The van der Waals surface area contributed by atoms with Gasteiger partial charge in [-0.05, 0) is 30.5 Å². The van der Waals surface area contributed by atoms with E-state index in [4.69, 9.17) is 5.11 Å². The molecule has 1 aliphatic carbocycles. The molecule has 76 valence electrons. The van der Waals surface area contributed by atoms with Gasteiger partial charge in [0.2, 0.25) is 0 Å². The van der Waals surface area contributed by atoms with Crippen molar-refractivity contribution in [3.63, 3.8) is 0 Å². The zero-order valence-electron chi connectivity index (χ0n) is 7.96. The van der Waals surface area contributed by atoms with Gasteiger partial charge >= 0.3 is 0 Å². The number of hydrogen-bond donors (Lipinski definition) is 2. The number of anilines is 1. The average molecular weight is 195 g/mol. The second kappa shape index (κ2) is 3.58. The first-order valence-electron chi connectivity index (χ1n) is 4.84. The van der Waals surface area contributed by atoms with Gasteiger partial charge in [0.05, 0.1) is 6.61 Å². The molecule has 0 unspecified atom stereocenters. The van der Waals surface area contributed by atoms with E-state index in [0.717, 1.165) is 11.3 Å². The van der Waals surface area contributed by atoms with Gasteiger partial charge in [-0.2, -0.15) is 0 Å². The molecule has 2 nitrogen and oxygen atoms in total. The molecule has 0 amide bonds. The fraction of sp³-hybridized carbons (Fsp3) is 0.455. The molecule has 0 radical (unpaired) electrons. The topological polar surface area (TPSA) is 32.3 Å². The summed E-state index contributed by atoms with van der Waals surface area (Å²) < 4.78 is 13.3. The Kier molecular flexibility index (Phi) is 2.42. The van der Waals surface area contributed by atoms with Crippen molar-refractivity contribution in [2.75, 3.05) is 11.9 Å². The quantitative estimate of drug-likeness (QED) is 0.771. The molecule has 0 aliphatic heterocycles. The summed E-state index contributed by atoms with van der Waals surface area (Å²) in [6.45, 7) is 0.401. The highest BCUT2D eigenvalue weighted by Gasteiger charge is 2.42. The van der Waals surface area contributed by atoms with E-state index >= 15 is 0 Å². The van der Waals surface area contributed by atoms with Gasteiger partial charge in [0.15, 0.2) is 0 Å². The average Bonchev–Trinajstić information content (AvgIpc) is 2.95. The van der Waals surface area contributed by atoms with Crippen LogP contribution in [0.4, 0.5) is 10.1 Å². The number of benzene rings is 1. The van der Waals surface area contributed by atoms with E-state index < -0.39 is 5.67 Å². The molecule has 14 heavy (non-hydrogen) atoms. The summed E-state index contributed by atoms with van der Waals surface area (Å²) in [6, 6.07) is 7.41. The first-order valence-corrected chi connectivity index (χ1v) is 4.84. The lowest BCUT2D eigenvalue weighted by molar-refractivity contribution is 0.282. The Bertz CT molecular complexity index is 323. The van der Waals surface area contributed by atoms with Crippen LogP contribution in [0.3, 0.4) is 0 Å². The standard InChI is InChI=1S/C11H14FNO/c12-11(4-5-11)8-13-10-3-1-2-9(6-10)7-14/h1-3,6,13-14H,4-5,7-8H2. The molecule has 1 aromatic rings. The Balaban J connectivity index is 1.94. The Morgan fingerprint density at radius 2 is 2.21 bits per heavy atom. The second-order valence-electron chi connectivity index (χ2n) is 3.86. The predicted octanol–water partition coefficient (Wildman–Crippen LogP) is 2.09. The lowest BCUT2D eigenvalue weighted by Gasteiger charge is -2.09. The smallest absolute Gasteiger partial charge is 0.128 e. The molecule has 1 aromatic carbocycles. The first kappa shape index (κ1) is 9.46. The lowest BCUT2D eigenvalue weighted by atomic mass is 10.2. The molecule has 2 rings (SSSR count). The number of nitrogens with one attached hydrogen (secondary N) is 1. The van der Waals surface area contributed by atoms with Crippen LogP contribution < -0.4 is 5.32 Å². The molecule has 1 aliphatic rings. The van der Waals surface area contributed by atoms with Gasteiger partial charge in [0.25, 0.3) is 0 Å². The molecule has 0 saturated heterocycles. The van der Waals surface area contributed by atoms with Crippen molar-refractivity contribution in [2.45, 2.75) is 25.1 Å². The van der Waals surface area contributed by atoms with Crippen molar-refractivity contribution < 1.29 is 9.50 Å². The van der Waals surface area contributed by atoms with Crippen molar-refractivity contribution in [3.05, 3.63) is 29.8 Å². The van der Waals surface area contributed by atoms with E-state index in [0.29, 0.717) is 19.4 Å². The molecule has 0 aromatic heterocycles. The molecule has 0 atom stereocenters. The maximum atomic E-state index is 13.3. The highest BCUT2D eigenvalue weighted by atomic mass is 19.1. The first-order chi connectivity index (χ1) is 6.72. The third-order valence-electron chi connectivity index (χ3n) is 2.51. The Morgan fingerprint density at radius 1 is 1.43 bits per heavy atom. The highest BCUT2D eigenvalue weighted by molar-refractivity contribution is 5.46. The van der Waals surface area contributed by atoms with E-state index in [1.54, 1.807) is 0 Å². The van der Waals surface area contributed by atoms with E-state index in [-0.39, 0.29) is 6.61 Å². The molecule has 0 bridgehead atoms. The number of aliphatic hydroxyl groups is 1. The molecule has 0 spiro atoms. The monoisotopic (exact) mass is 195 g/mol. The normalized spacial score (nSPS) is 17.9. The van der Waals surface area contributed by atoms with Crippen LogP contribution in [0.15, 0.2) is 24.3 Å². The summed E-state index contributed by atoms with van der Waals surface area (Å²) in [5.74, 6) is 0. The van der Waals surface area contributed by atoms with E-state index in [2.05, 4.69) is 5.32 Å². The van der Waals surface area contributed by atoms with Gasteiger partial charge in [-0.15, -0.1) is 0 Å². The van der Waals surface area contributed by atoms with Gasteiger partial charge in [0.1, 0.15) is 5.67 Å². The van der Waals surface area contributed by atoms with Crippen molar-refractivity contribution in [1.29, 1.82) is 0 Å². The largest absolute Gasteiger partial charge is 0.392 e. The van der Waals surface area contributed by atoms with Crippen LogP contribution >= 0.6 is 0 Å². The maximum absolute atomic E-state index is 13.3. The molecule has 3 heteroatoms. The predicted molar refractivity (Wildman–Crippen MR) is 53.9 cm³/mol. The van der Waals surface area contributed by atoms with E-state index in [1.165, 1.54) is 0 Å². The lowest BCUT2D eigenvalue weighted by Crippen LogP contribution is -2.15. The number of aliphatic hydroxyl groups excluding tert-OH is 1. The fourth-order valence-corrected chi connectivity index (χ4v) is 1.35. The summed E-state index contributed by atoms with van der Waals surface area (Å²) in [6.07, 6.45) is 1.33. The Hall–Kier alpha value is -1.09. The van der Waals surface area contributed by atoms with Crippen LogP contribution in [0.5, 0.6) is 0 Å². The minimum atomic E-state index is -0.977. The van der Waals surface area contributed by atoms with Crippen LogP contribution in [0.2, 0.25) is 0 Å². The van der Waals surface area contributed by atoms with Crippen molar-refractivity contribution in [3.8, 4) is 0 Å². The highest BCUT2D eigenvalue weighted by Crippen LogP contribution is 2.39. The maximum Gasteiger partial charge on any atom is 0.128 e. The molecular formula is C11H14FNO. The number of rotatable bonds is 4. The second-order valence-corrected chi connectivity index (χ2v) is 3.86. The third kappa shape index (κ3) is 2.23. The summed E-state index contributed by atoms with van der Waals surface area (Å²) in [5.41, 5.74) is 0.744. The van der Waals surface area contributed by atoms with Crippen LogP contribution in [0, 0.1) is 0 Å². The van der Waals surface area contributed by atoms with Crippen molar-refractivity contribution in [1.82, 2.24) is 0 Å². The van der Waals surface area contributed by atoms with Gasteiger partial charge in [-0.3, -0.25) is 0 Å². The van der Waals surface area contributed by atoms with Crippen LogP contribution in [0.25, 0.3) is 0 Å². The van der Waals surface area contributed by atoms with Crippen molar-refractivity contribution >= 4 is 5.69 Å². The van der Waals surface area contributed by atoms with E-state index in [1.807, 2.05) is 24.3 Å². The number of hydrogen-bond acceptors (Lipinski definition) is 2. The van der Waals surface area contributed by atoms with Crippen LogP contribution in [0.1, 0.15) is 18.4 Å². The minimum absolute atomic E-state index is 0.0241. The Labute approximate surface area is 82.8 Å². The SMILES string of the molecule is OCc1cccc(NCC2(F)CC2)c1. The zero-order valence-corrected chi connectivity index (χ0v) is 7.96. The van der Waals surface area contributed by atoms with Crippen LogP contribution in [-0.4, -0.2) is 17.3 Å². The summed E-state index contributed by atoms with van der Waals surface area (Å²) in [7, 11) is 0. The zero-order chi connectivity index (χ0) is 10.0. The molecule has 0 heterocycles. The molecule has 1 fully saturated rings. The minimum Gasteiger partial charge on any atom is -0.392 e. The van der Waals surface area contributed by atoms with Gasteiger partial charge < -0.3 is 10.4 Å². The summed E-state index contributed by atoms with van der Waals surface area (Å²) in [4.78, 5) is 0. The fourth-order valence-electron chi connectivity index (χ4n) is 1.35. The number of halogens is 1. The van der Waals surface area contributed by atoms with E-state index in [9.17, 15) is 4.39 Å². The summed E-state index contributed by atoms with van der Waals surface area (Å²) >= 11 is 0. The van der Waals surface area contributed by atoms with Gasteiger partial charge in [0, 0.05) is 12.2 Å². The third-order valence-corrected chi connectivity index (χ3v) is 2.51. The molecule has 1 saturated carbocycles. The number of alkyl halides is 1. The van der Waals surface area contributed by atoms with Crippen LogP contribution in [-0.2, 0) is 6.61 Å².